The summed E-state index contributed by atoms with van der Waals surface area (Å²) in [5, 5.41) is 6.53. The van der Waals surface area contributed by atoms with E-state index in [0.29, 0.717) is 6.04 Å². The lowest BCUT2D eigenvalue weighted by molar-refractivity contribution is -0.126. The van der Waals surface area contributed by atoms with Gasteiger partial charge in [-0.05, 0) is 52.2 Å². The summed E-state index contributed by atoms with van der Waals surface area (Å²) < 4.78 is 0. The fourth-order valence-corrected chi connectivity index (χ4v) is 3.21. The topological polar surface area (TPSA) is 44.4 Å². The Balaban J connectivity index is 1.62. The van der Waals surface area contributed by atoms with E-state index in [4.69, 9.17) is 0 Å². The molecule has 2 heterocycles. The third kappa shape index (κ3) is 5.11. The van der Waals surface area contributed by atoms with E-state index in [9.17, 15) is 4.79 Å². The van der Waals surface area contributed by atoms with Gasteiger partial charge in [0.2, 0.25) is 5.91 Å². The predicted molar refractivity (Wildman–Crippen MR) is 78.1 cm³/mol. The Morgan fingerprint density at radius 3 is 2.68 bits per heavy atom. The summed E-state index contributed by atoms with van der Waals surface area (Å²) in [6.07, 6.45) is 7.35. The number of carbonyl (C=O) groups is 1. The highest BCUT2D eigenvalue weighted by Gasteiger charge is 2.24. The van der Waals surface area contributed by atoms with Gasteiger partial charge in [-0.15, -0.1) is 0 Å². The molecule has 0 aromatic rings. The van der Waals surface area contributed by atoms with Crippen LogP contribution in [-0.2, 0) is 4.79 Å². The van der Waals surface area contributed by atoms with Crippen LogP contribution >= 0.6 is 0 Å². The second kappa shape index (κ2) is 7.85. The Labute approximate surface area is 117 Å². The maximum Gasteiger partial charge on any atom is 0.223 e. The SMILES string of the molecule is C[C@H]1C[C@@H](C(=O)NCCN2CCCCCC2)CCN1. The average molecular weight is 267 g/mol. The number of hydrogen-bond acceptors (Lipinski definition) is 3. The van der Waals surface area contributed by atoms with Crippen LogP contribution in [0.5, 0.6) is 0 Å². The summed E-state index contributed by atoms with van der Waals surface area (Å²) in [7, 11) is 0. The lowest BCUT2D eigenvalue weighted by atomic mass is 9.92. The summed E-state index contributed by atoms with van der Waals surface area (Å²) in [6.45, 7) is 7.39. The highest BCUT2D eigenvalue weighted by Crippen LogP contribution is 2.15. The quantitative estimate of drug-likeness (QED) is 0.808. The minimum atomic E-state index is 0.223. The van der Waals surface area contributed by atoms with E-state index in [-0.39, 0.29) is 11.8 Å². The van der Waals surface area contributed by atoms with Crippen LogP contribution in [0.15, 0.2) is 0 Å². The van der Waals surface area contributed by atoms with Crippen molar-refractivity contribution in [2.24, 2.45) is 5.92 Å². The van der Waals surface area contributed by atoms with E-state index in [1.807, 2.05) is 0 Å². The van der Waals surface area contributed by atoms with Gasteiger partial charge in [-0.25, -0.2) is 0 Å². The largest absolute Gasteiger partial charge is 0.355 e. The zero-order valence-electron chi connectivity index (χ0n) is 12.3. The fourth-order valence-electron chi connectivity index (χ4n) is 3.21. The predicted octanol–water partition coefficient (Wildman–Crippen LogP) is 1.37. The highest BCUT2D eigenvalue weighted by molar-refractivity contribution is 5.78. The zero-order valence-corrected chi connectivity index (χ0v) is 12.3. The van der Waals surface area contributed by atoms with Crippen molar-refractivity contribution in [2.75, 3.05) is 32.7 Å². The summed E-state index contributed by atoms with van der Waals surface area (Å²) in [5.74, 6) is 0.489. The van der Waals surface area contributed by atoms with Crippen molar-refractivity contribution in [2.45, 2.75) is 51.5 Å². The Morgan fingerprint density at radius 1 is 1.26 bits per heavy atom. The molecular formula is C15H29N3O. The van der Waals surface area contributed by atoms with Crippen LogP contribution < -0.4 is 10.6 Å². The van der Waals surface area contributed by atoms with Gasteiger partial charge < -0.3 is 15.5 Å². The standard InChI is InChI=1S/C15H29N3O/c1-13-12-14(6-7-16-13)15(19)17-8-11-18-9-4-2-3-5-10-18/h13-14,16H,2-12H2,1H3,(H,17,19)/t13-,14-/m0/s1. The van der Waals surface area contributed by atoms with Gasteiger partial charge in [0, 0.05) is 25.0 Å². The second-order valence-corrected chi connectivity index (χ2v) is 6.12. The molecule has 4 nitrogen and oxygen atoms in total. The van der Waals surface area contributed by atoms with Crippen molar-refractivity contribution in [3.05, 3.63) is 0 Å². The Kier molecular flexibility index (Phi) is 6.11. The normalized spacial score (nSPS) is 29.7. The van der Waals surface area contributed by atoms with Gasteiger partial charge in [-0.2, -0.15) is 0 Å². The molecule has 2 aliphatic heterocycles. The van der Waals surface area contributed by atoms with E-state index >= 15 is 0 Å². The lowest BCUT2D eigenvalue weighted by Gasteiger charge is -2.27. The van der Waals surface area contributed by atoms with Gasteiger partial charge in [0.15, 0.2) is 0 Å². The molecule has 0 bridgehead atoms. The first-order chi connectivity index (χ1) is 9.25. The molecule has 0 unspecified atom stereocenters. The summed E-state index contributed by atoms with van der Waals surface area (Å²) in [4.78, 5) is 14.6. The summed E-state index contributed by atoms with van der Waals surface area (Å²) in [5.41, 5.74) is 0. The number of nitrogens with one attached hydrogen (secondary N) is 2. The van der Waals surface area contributed by atoms with Gasteiger partial charge in [0.25, 0.3) is 0 Å². The number of nitrogens with zero attached hydrogens (tertiary/aromatic N) is 1. The van der Waals surface area contributed by atoms with Gasteiger partial charge in [0.1, 0.15) is 0 Å². The molecule has 0 aliphatic carbocycles. The fraction of sp³-hybridized carbons (Fsp3) is 0.933. The number of hydrogen-bond donors (Lipinski definition) is 2. The van der Waals surface area contributed by atoms with Crippen molar-refractivity contribution >= 4 is 5.91 Å². The molecule has 19 heavy (non-hydrogen) atoms. The minimum Gasteiger partial charge on any atom is -0.355 e. The van der Waals surface area contributed by atoms with Crippen molar-refractivity contribution < 1.29 is 4.79 Å². The Morgan fingerprint density at radius 2 is 2.00 bits per heavy atom. The minimum absolute atomic E-state index is 0.223. The van der Waals surface area contributed by atoms with E-state index in [1.165, 1.54) is 38.8 Å². The number of amides is 1. The van der Waals surface area contributed by atoms with Crippen molar-refractivity contribution in [1.82, 2.24) is 15.5 Å². The molecule has 1 amide bonds. The smallest absolute Gasteiger partial charge is 0.223 e. The molecule has 2 fully saturated rings. The zero-order chi connectivity index (χ0) is 13.5. The van der Waals surface area contributed by atoms with Crippen LogP contribution in [0.1, 0.15) is 45.4 Å². The van der Waals surface area contributed by atoms with Crippen LogP contribution in [-0.4, -0.2) is 49.6 Å². The van der Waals surface area contributed by atoms with Crippen molar-refractivity contribution in [3.8, 4) is 0 Å². The molecule has 0 spiro atoms. The third-order valence-corrected chi connectivity index (χ3v) is 4.42. The van der Waals surface area contributed by atoms with Crippen LogP contribution in [0.3, 0.4) is 0 Å². The second-order valence-electron chi connectivity index (χ2n) is 6.12. The molecule has 0 aromatic carbocycles. The molecule has 2 N–H and O–H groups in total. The van der Waals surface area contributed by atoms with Gasteiger partial charge >= 0.3 is 0 Å². The Bertz CT molecular complexity index is 275. The molecule has 110 valence electrons. The third-order valence-electron chi connectivity index (χ3n) is 4.42. The van der Waals surface area contributed by atoms with E-state index < -0.39 is 0 Å². The first kappa shape index (κ1) is 14.8. The maximum absolute atomic E-state index is 12.1. The number of piperidine rings is 1. The number of likely N-dealkylation sites (tertiary alicyclic amines) is 1. The van der Waals surface area contributed by atoms with Crippen LogP contribution in [0.2, 0.25) is 0 Å². The van der Waals surface area contributed by atoms with Gasteiger partial charge in [-0.1, -0.05) is 12.8 Å². The van der Waals surface area contributed by atoms with Gasteiger partial charge in [-0.3, -0.25) is 4.79 Å². The van der Waals surface area contributed by atoms with Crippen molar-refractivity contribution in [3.63, 3.8) is 0 Å². The first-order valence-corrected chi connectivity index (χ1v) is 7.99. The van der Waals surface area contributed by atoms with Gasteiger partial charge in [0.05, 0.1) is 0 Å². The monoisotopic (exact) mass is 267 g/mol. The van der Waals surface area contributed by atoms with Crippen molar-refractivity contribution in [1.29, 1.82) is 0 Å². The molecule has 4 heteroatoms. The van der Waals surface area contributed by atoms with Crippen LogP contribution in [0, 0.1) is 5.92 Å². The number of carbonyl (C=O) groups excluding carboxylic acids is 1. The van der Waals surface area contributed by atoms with E-state index in [0.717, 1.165) is 32.5 Å². The molecule has 0 saturated carbocycles. The highest BCUT2D eigenvalue weighted by atomic mass is 16.1. The molecule has 2 rings (SSSR count). The summed E-state index contributed by atoms with van der Waals surface area (Å²) in [6, 6.07) is 0.482. The van der Waals surface area contributed by atoms with E-state index in [1.54, 1.807) is 0 Å². The van der Waals surface area contributed by atoms with Crippen LogP contribution in [0.4, 0.5) is 0 Å². The lowest BCUT2D eigenvalue weighted by Crippen LogP contribution is -2.44. The molecule has 2 atom stereocenters. The summed E-state index contributed by atoms with van der Waals surface area (Å²) >= 11 is 0. The molecule has 2 saturated heterocycles. The molecule has 2 aliphatic rings. The maximum atomic E-state index is 12.1. The molecule has 0 radical (unpaired) electrons. The molecule has 0 aromatic heterocycles. The van der Waals surface area contributed by atoms with E-state index in [2.05, 4.69) is 22.5 Å². The Hall–Kier alpha value is -0.610. The van der Waals surface area contributed by atoms with Crippen LogP contribution in [0.25, 0.3) is 0 Å². The number of rotatable bonds is 4. The molecular weight excluding hydrogens is 238 g/mol. The first-order valence-electron chi connectivity index (χ1n) is 7.99. The average Bonchev–Trinajstić information content (AvgIpc) is 2.67.